The molecule has 0 bridgehead atoms. The zero-order chi connectivity index (χ0) is 23.8. The maximum atomic E-state index is 13.1. The zero-order valence-corrected chi connectivity index (χ0v) is 17.2. The van der Waals surface area contributed by atoms with Crippen LogP contribution in [0.1, 0.15) is 17.5 Å². The van der Waals surface area contributed by atoms with Gasteiger partial charge in [0.25, 0.3) is 0 Å². The molecule has 0 unspecified atom stereocenters. The fourth-order valence-corrected chi connectivity index (χ4v) is 4.15. The van der Waals surface area contributed by atoms with E-state index in [4.69, 9.17) is 0 Å². The van der Waals surface area contributed by atoms with Crippen LogP contribution in [0.25, 0.3) is 0 Å². The van der Waals surface area contributed by atoms with Gasteiger partial charge >= 0.3 is 12.2 Å². The number of hydrogen-bond donors (Lipinski definition) is 4. The molecule has 2 aliphatic rings. The molecule has 4 N–H and O–H groups in total. The average molecular weight is 462 g/mol. The minimum atomic E-state index is -4.63. The number of fused-ring (bicyclic) bond motifs is 1. The first-order valence-corrected chi connectivity index (χ1v) is 10.2. The number of nitrogens with one attached hydrogen (secondary N) is 3. The molecule has 174 valence electrons. The Hall–Kier alpha value is -3.76. The van der Waals surface area contributed by atoms with E-state index in [0.717, 1.165) is 17.7 Å². The highest BCUT2D eigenvalue weighted by atomic mass is 19.4. The maximum Gasteiger partial charge on any atom is 0.418 e. The van der Waals surface area contributed by atoms with Gasteiger partial charge in [-0.3, -0.25) is 9.59 Å². The van der Waals surface area contributed by atoms with Crippen molar-refractivity contribution in [1.29, 1.82) is 0 Å². The van der Waals surface area contributed by atoms with Crippen molar-refractivity contribution < 1.29 is 32.7 Å². The van der Waals surface area contributed by atoms with Crippen molar-refractivity contribution in [3.63, 3.8) is 0 Å². The molecule has 2 saturated heterocycles. The molecule has 0 aliphatic carbocycles. The van der Waals surface area contributed by atoms with Crippen LogP contribution < -0.4 is 16.0 Å². The van der Waals surface area contributed by atoms with E-state index in [2.05, 4.69) is 16.0 Å². The first-order chi connectivity index (χ1) is 15.6. The number of alkyl halides is 3. The van der Waals surface area contributed by atoms with Crippen molar-refractivity contribution in [3.8, 4) is 5.75 Å². The number of para-hydroxylation sites is 1. The quantitative estimate of drug-likeness (QED) is 0.559. The highest BCUT2D eigenvalue weighted by Gasteiger charge is 2.46. The number of phenolic OH excluding ortho intramolecular Hbond substituents is 1. The standard InChI is InChI=1S/C22H21F3N4O4/c23-22(24,25)15-3-1-2-4-16(15)28-21(33)26-13-10-18-19(31)27-17(20(32)29(18)11-13)9-12-5-7-14(30)8-6-12/h1-8,13,17-18,30H,9-11H2,(H,27,31)(H2,26,28,33)/t13-,17-,18-/m0/s1. The first-order valence-electron chi connectivity index (χ1n) is 10.2. The van der Waals surface area contributed by atoms with Gasteiger partial charge < -0.3 is 26.0 Å². The number of amides is 4. The predicted octanol–water partition coefficient (Wildman–Crippen LogP) is 2.24. The van der Waals surface area contributed by atoms with Crippen molar-refractivity contribution in [2.75, 3.05) is 11.9 Å². The van der Waals surface area contributed by atoms with Crippen LogP contribution in [0.3, 0.4) is 0 Å². The van der Waals surface area contributed by atoms with Crippen molar-refractivity contribution in [2.24, 2.45) is 0 Å². The molecule has 0 spiro atoms. The Labute approximate surface area is 186 Å². The van der Waals surface area contributed by atoms with Gasteiger partial charge in [0.05, 0.1) is 17.3 Å². The Kier molecular flexibility index (Phi) is 5.88. The van der Waals surface area contributed by atoms with Gasteiger partial charge in [0, 0.05) is 13.0 Å². The Bertz CT molecular complexity index is 1070. The van der Waals surface area contributed by atoms with E-state index in [1.807, 2.05) is 0 Å². The van der Waals surface area contributed by atoms with Crippen molar-refractivity contribution in [1.82, 2.24) is 15.5 Å². The third-order valence-corrected chi connectivity index (χ3v) is 5.69. The molecule has 2 heterocycles. The number of carbonyl (C=O) groups is 3. The summed E-state index contributed by atoms with van der Waals surface area (Å²) in [5, 5.41) is 16.8. The molecule has 8 nitrogen and oxygen atoms in total. The van der Waals surface area contributed by atoms with E-state index in [1.54, 1.807) is 12.1 Å². The lowest BCUT2D eigenvalue weighted by atomic mass is 10.0. The highest BCUT2D eigenvalue weighted by Crippen LogP contribution is 2.34. The molecular formula is C22H21F3N4O4. The van der Waals surface area contributed by atoms with Crippen molar-refractivity contribution >= 4 is 23.5 Å². The van der Waals surface area contributed by atoms with Crippen LogP contribution in [0.15, 0.2) is 48.5 Å². The summed E-state index contributed by atoms with van der Waals surface area (Å²) < 4.78 is 39.4. The average Bonchev–Trinajstić information content (AvgIpc) is 3.17. The SMILES string of the molecule is O=C(Nc1ccccc1C(F)(F)F)N[C@H]1C[C@H]2C(=O)N[C@@H](Cc3ccc(O)cc3)C(=O)N2C1. The van der Waals surface area contributed by atoms with Gasteiger partial charge in [-0.1, -0.05) is 24.3 Å². The first kappa shape index (κ1) is 22.4. The number of halogens is 3. The number of benzene rings is 2. The number of carbonyl (C=O) groups excluding carboxylic acids is 3. The summed E-state index contributed by atoms with van der Waals surface area (Å²) in [6.45, 7) is 0.0668. The number of aromatic hydroxyl groups is 1. The number of urea groups is 1. The van der Waals surface area contributed by atoms with Gasteiger partial charge in [0.1, 0.15) is 17.8 Å². The van der Waals surface area contributed by atoms with Crippen LogP contribution in [0.5, 0.6) is 5.75 Å². The van der Waals surface area contributed by atoms with Gasteiger partial charge in [0.2, 0.25) is 11.8 Å². The second-order valence-corrected chi connectivity index (χ2v) is 8.01. The number of phenols is 1. The van der Waals surface area contributed by atoms with Crippen LogP contribution in [-0.2, 0) is 22.2 Å². The second-order valence-electron chi connectivity index (χ2n) is 8.01. The van der Waals surface area contributed by atoms with Gasteiger partial charge in [-0.2, -0.15) is 13.2 Å². The molecule has 4 amide bonds. The van der Waals surface area contributed by atoms with Crippen LogP contribution >= 0.6 is 0 Å². The lowest BCUT2D eigenvalue weighted by molar-refractivity contribution is -0.147. The fraction of sp³-hybridized carbons (Fsp3) is 0.318. The van der Waals surface area contributed by atoms with E-state index in [9.17, 15) is 32.7 Å². The van der Waals surface area contributed by atoms with Gasteiger partial charge in [-0.25, -0.2) is 4.79 Å². The number of nitrogens with zero attached hydrogens (tertiary/aromatic N) is 1. The summed E-state index contributed by atoms with van der Waals surface area (Å²) in [5.74, 6) is -0.576. The molecule has 0 aromatic heterocycles. The summed E-state index contributed by atoms with van der Waals surface area (Å²) in [6, 6.07) is 7.87. The third kappa shape index (κ3) is 4.86. The van der Waals surface area contributed by atoms with E-state index >= 15 is 0 Å². The third-order valence-electron chi connectivity index (χ3n) is 5.69. The maximum absolute atomic E-state index is 13.1. The second kappa shape index (κ2) is 8.64. The molecule has 0 saturated carbocycles. The summed E-state index contributed by atoms with van der Waals surface area (Å²) in [7, 11) is 0. The Balaban J connectivity index is 1.39. The van der Waals surface area contributed by atoms with Gasteiger partial charge in [0.15, 0.2) is 0 Å². The molecule has 0 radical (unpaired) electrons. The van der Waals surface area contributed by atoms with Crippen molar-refractivity contribution in [2.45, 2.75) is 37.1 Å². The van der Waals surface area contributed by atoms with E-state index in [-0.39, 0.29) is 42.6 Å². The zero-order valence-electron chi connectivity index (χ0n) is 17.2. The fourth-order valence-electron chi connectivity index (χ4n) is 4.15. The minimum Gasteiger partial charge on any atom is -0.508 e. The van der Waals surface area contributed by atoms with Crippen LogP contribution in [0, 0.1) is 0 Å². The predicted molar refractivity (Wildman–Crippen MR) is 111 cm³/mol. The highest BCUT2D eigenvalue weighted by molar-refractivity contribution is 5.98. The summed E-state index contributed by atoms with van der Waals surface area (Å²) in [4.78, 5) is 39.2. The molecule has 2 aromatic carbocycles. The smallest absolute Gasteiger partial charge is 0.418 e. The van der Waals surface area contributed by atoms with Crippen LogP contribution in [0.2, 0.25) is 0 Å². The lowest BCUT2D eigenvalue weighted by Crippen LogP contribution is -2.61. The van der Waals surface area contributed by atoms with E-state index in [1.165, 1.54) is 29.2 Å². The minimum absolute atomic E-state index is 0.0668. The summed E-state index contributed by atoms with van der Waals surface area (Å²) in [6.07, 6.45) is -4.24. The lowest BCUT2D eigenvalue weighted by Gasteiger charge is -2.34. The van der Waals surface area contributed by atoms with Crippen LogP contribution in [0.4, 0.5) is 23.7 Å². The van der Waals surface area contributed by atoms with Crippen molar-refractivity contribution in [3.05, 3.63) is 59.7 Å². The molecule has 33 heavy (non-hydrogen) atoms. The molecule has 2 aliphatic heterocycles. The molecular weight excluding hydrogens is 441 g/mol. The topological polar surface area (TPSA) is 111 Å². The number of rotatable bonds is 4. The van der Waals surface area contributed by atoms with Gasteiger partial charge in [-0.15, -0.1) is 0 Å². The number of anilines is 1. The molecule has 2 fully saturated rings. The van der Waals surface area contributed by atoms with E-state index < -0.39 is 35.9 Å². The normalized spacial score (nSPS) is 22.5. The molecule has 11 heteroatoms. The van der Waals surface area contributed by atoms with E-state index in [0.29, 0.717) is 0 Å². The monoisotopic (exact) mass is 462 g/mol. The molecule has 2 aromatic rings. The Morgan fingerprint density at radius 3 is 2.52 bits per heavy atom. The van der Waals surface area contributed by atoms with Crippen LogP contribution in [-0.4, -0.2) is 52.5 Å². The molecule has 3 atom stereocenters. The number of piperazine rings is 1. The molecule has 4 rings (SSSR count). The Morgan fingerprint density at radius 2 is 1.82 bits per heavy atom. The van der Waals surface area contributed by atoms with Gasteiger partial charge in [-0.05, 0) is 36.2 Å². The largest absolute Gasteiger partial charge is 0.508 e. The number of hydrogen-bond acceptors (Lipinski definition) is 4. The summed E-state index contributed by atoms with van der Waals surface area (Å²) in [5.41, 5.74) is -0.613. The summed E-state index contributed by atoms with van der Waals surface area (Å²) >= 11 is 0. The Morgan fingerprint density at radius 1 is 1.12 bits per heavy atom.